The van der Waals surface area contributed by atoms with Crippen LogP contribution in [0.1, 0.15) is 39.0 Å². The number of hydrogen-bond acceptors (Lipinski definition) is 1. The molecule has 0 aromatic rings. The van der Waals surface area contributed by atoms with E-state index in [1.54, 1.807) is 0 Å². The van der Waals surface area contributed by atoms with Crippen molar-refractivity contribution in [3.8, 4) is 0 Å². The van der Waals surface area contributed by atoms with Crippen molar-refractivity contribution < 1.29 is 4.79 Å². The molecule has 1 heterocycles. The third-order valence-corrected chi connectivity index (χ3v) is 3.04. The lowest BCUT2D eigenvalue weighted by Gasteiger charge is -2.22. The molecule has 1 unspecified atom stereocenters. The van der Waals surface area contributed by atoms with Gasteiger partial charge >= 0.3 is 0 Å². The summed E-state index contributed by atoms with van der Waals surface area (Å²) in [6.45, 7) is 3.76. The molecule has 13 heavy (non-hydrogen) atoms. The fraction of sp³-hybridized carbons (Fsp3) is 0.900. The molecule has 0 bridgehead atoms. The van der Waals surface area contributed by atoms with E-state index in [2.05, 4.69) is 0 Å². The molecule has 3 heteroatoms. The first-order valence-corrected chi connectivity index (χ1v) is 5.62. The lowest BCUT2D eigenvalue weighted by molar-refractivity contribution is -0.130. The fourth-order valence-corrected chi connectivity index (χ4v) is 1.80. The van der Waals surface area contributed by atoms with Crippen LogP contribution in [0.15, 0.2) is 0 Å². The molecule has 1 fully saturated rings. The molecule has 0 aliphatic carbocycles. The average molecular weight is 204 g/mol. The number of likely N-dealkylation sites (tertiary alicyclic amines) is 1. The minimum atomic E-state index is -0.307. The lowest BCUT2D eigenvalue weighted by atomic mass is 10.2. The summed E-state index contributed by atoms with van der Waals surface area (Å²) in [6.07, 6.45) is 5.51. The molecular formula is C10H18ClNO. The van der Waals surface area contributed by atoms with Gasteiger partial charge in [0, 0.05) is 13.1 Å². The molecule has 76 valence electrons. The molecule has 0 spiro atoms. The third-order valence-electron chi connectivity index (χ3n) is 2.54. The number of nitrogens with zero attached hydrogens (tertiary/aromatic N) is 1. The highest BCUT2D eigenvalue weighted by atomic mass is 35.5. The van der Waals surface area contributed by atoms with Gasteiger partial charge in [-0.15, -0.1) is 11.6 Å². The molecule has 1 rings (SSSR count). The van der Waals surface area contributed by atoms with E-state index in [0.29, 0.717) is 0 Å². The second-order valence-corrected chi connectivity index (χ2v) is 4.14. The Hall–Kier alpha value is -0.240. The van der Waals surface area contributed by atoms with Crippen molar-refractivity contribution in [1.82, 2.24) is 4.90 Å². The van der Waals surface area contributed by atoms with Gasteiger partial charge < -0.3 is 4.90 Å². The predicted octanol–water partition coefficient (Wildman–Crippen LogP) is 2.41. The number of carbonyl (C=O) groups excluding carboxylic acids is 1. The molecule has 2 nitrogen and oxygen atoms in total. The van der Waals surface area contributed by atoms with E-state index in [1.807, 2.05) is 11.8 Å². The minimum absolute atomic E-state index is 0.131. The highest BCUT2D eigenvalue weighted by molar-refractivity contribution is 6.30. The van der Waals surface area contributed by atoms with Crippen molar-refractivity contribution in [3.05, 3.63) is 0 Å². The average Bonchev–Trinajstić information content (AvgIpc) is 2.43. The van der Waals surface area contributed by atoms with Crippen LogP contribution in [0.2, 0.25) is 0 Å². The van der Waals surface area contributed by atoms with Crippen LogP contribution in [0.25, 0.3) is 0 Å². The Bertz CT molecular complexity index is 164. The van der Waals surface area contributed by atoms with E-state index in [4.69, 9.17) is 11.6 Å². The molecule has 0 aromatic heterocycles. The SMILES string of the molecule is CCC(Cl)C(=O)N1CCCCCC1. The first-order chi connectivity index (χ1) is 6.25. The van der Waals surface area contributed by atoms with Gasteiger partial charge in [0.2, 0.25) is 5.91 Å². The Morgan fingerprint density at radius 3 is 2.31 bits per heavy atom. The number of alkyl halides is 1. The van der Waals surface area contributed by atoms with Crippen molar-refractivity contribution in [2.75, 3.05) is 13.1 Å². The van der Waals surface area contributed by atoms with Crippen LogP contribution in [-0.2, 0) is 4.79 Å². The van der Waals surface area contributed by atoms with Crippen molar-refractivity contribution in [3.63, 3.8) is 0 Å². The molecule has 0 saturated carbocycles. The van der Waals surface area contributed by atoms with Crippen molar-refractivity contribution in [2.45, 2.75) is 44.4 Å². The summed E-state index contributed by atoms with van der Waals surface area (Å²) in [4.78, 5) is 13.6. The van der Waals surface area contributed by atoms with Crippen LogP contribution in [0, 0.1) is 0 Å². The van der Waals surface area contributed by atoms with Gasteiger partial charge in [-0.05, 0) is 19.3 Å². The summed E-state index contributed by atoms with van der Waals surface area (Å²) in [5.41, 5.74) is 0. The maximum Gasteiger partial charge on any atom is 0.240 e. The normalized spacial score (nSPS) is 20.9. The fourth-order valence-electron chi connectivity index (χ4n) is 1.66. The van der Waals surface area contributed by atoms with Crippen molar-refractivity contribution in [2.24, 2.45) is 0 Å². The summed E-state index contributed by atoms with van der Waals surface area (Å²) in [5, 5.41) is -0.307. The number of hydrogen-bond donors (Lipinski definition) is 0. The van der Waals surface area contributed by atoms with Gasteiger partial charge in [0.15, 0.2) is 0 Å². The molecule has 1 aliphatic rings. The minimum Gasteiger partial charge on any atom is -0.341 e. The number of halogens is 1. The Balaban J connectivity index is 2.43. The van der Waals surface area contributed by atoms with Crippen LogP contribution in [0.5, 0.6) is 0 Å². The van der Waals surface area contributed by atoms with E-state index >= 15 is 0 Å². The van der Waals surface area contributed by atoms with Crippen LogP contribution in [0.4, 0.5) is 0 Å². The molecule has 0 radical (unpaired) electrons. The van der Waals surface area contributed by atoms with Gasteiger partial charge in [-0.1, -0.05) is 19.8 Å². The zero-order valence-electron chi connectivity index (χ0n) is 8.26. The lowest BCUT2D eigenvalue weighted by Crippen LogP contribution is -2.37. The molecule has 1 amide bonds. The maximum atomic E-state index is 11.7. The Labute approximate surface area is 85.2 Å². The molecule has 0 aromatic carbocycles. The van der Waals surface area contributed by atoms with Gasteiger partial charge in [0.25, 0.3) is 0 Å². The summed E-state index contributed by atoms with van der Waals surface area (Å²) < 4.78 is 0. The smallest absolute Gasteiger partial charge is 0.240 e. The van der Waals surface area contributed by atoms with Gasteiger partial charge in [0.1, 0.15) is 5.38 Å². The van der Waals surface area contributed by atoms with Crippen LogP contribution in [-0.4, -0.2) is 29.3 Å². The molecule has 0 N–H and O–H groups in total. The van der Waals surface area contributed by atoms with E-state index in [-0.39, 0.29) is 11.3 Å². The van der Waals surface area contributed by atoms with Crippen LogP contribution < -0.4 is 0 Å². The molecule has 1 atom stereocenters. The second-order valence-electron chi connectivity index (χ2n) is 3.62. The van der Waals surface area contributed by atoms with Gasteiger partial charge in [-0.3, -0.25) is 4.79 Å². The number of amides is 1. The highest BCUT2D eigenvalue weighted by Crippen LogP contribution is 2.13. The molecular weight excluding hydrogens is 186 g/mol. The first kappa shape index (κ1) is 10.8. The maximum absolute atomic E-state index is 11.7. The summed E-state index contributed by atoms with van der Waals surface area (Å²) >= 11 is 5.91. The van der Waals surface area contributed by atoms with Crippen molar-refractivity contribution >= 4 is 17.5 Å². The van der Waals surface area contributed by atoms with E-state index in [1.165, 1.54) is 12.8 Å². The number of rotatable bonds is 2. The summed E-state index contributed by atoms with van der Waals surface area (Å²) in [5.74, 6) is 0.131. The highest BCUT2D eigenvalue weighted by Gasteiger charge is 2.21. The number of carbonyl (C=O) groups is 1. The summed E-state index contributed by atoms with van der Waals surface area (Å²) in [6, 6.07) is 0. The largest absolute Gasteiger partial charge is 0.341 e. The predicted molar refractivity (Wildman–Crippen MR) is 55.0 cm³/mol. The standard InChI is InChI=1S/C10H18ClNO/c1-2-9(11)10(13)12-7-5-3-4-6-8-12/h9H,2-8H2,1H3. The quantitative estimate of drug-likeness (QED) is 0.632. The Morgan fingerprint density at radius 1 is 1.31 bits per heavy atom. The Morgan fingerprint density at radius 2 is 1.85 bits per heavy atom. The van der Waals surface area contributed by atoms with E-state index < -0.39 is 0 Å². The third kappa shape index (κ3) is 3.18. The second kappa shape index (κ2) is 5.48. The topological polar surface area (TPSA) is 20.3 Å². The Kier molecular flexibility index (Phi) is 4.57. The van der Waals surface area contributed by atoms with E-state index in [0.717, 1.165) is 32.4 Å². The molecule has 1 saturated heterocycles. The van der Waals surface area contributed by atoms with Gasteiger partial charge in [-0.2, -0.15) is 0 Å². The first-order valence-electron chi connectivity index (χ1n) is 5.18. The van der Waals surface area contributed by atoms with Gasteiger partial charge in [-0.25, -0.2) is 0 Å². The van der Waals surface area contributed by atoms with Crippen LogP contribution in [0.3, 0.4) is 0 Å². The zero-order chi connectivity index (χ0) is 9.68. The van der Waals surface area contributed by atoms with Crippen LogP contribution >= 0.6 is 11.6 Å². The zero-order valence-corrected chi connectivity index (χ0v) is 9.02. The van der Waals surface area contributed by atoms with E-state index in [9.17, 15) is 4.79 Å². The van der Waals surface area contributed by atoms with Crippen molar-refractivity contribution in [1.29, 1.82) is 0 Å². The van der Waals surface area contributed by atoms with Gasteiger partial charge in [0.05, 0.1) is 0 Å². The monoisotopic (exact) mass is 203 g/mol. The molecule has 1 aliphatic heterocycles. The summed E-state index contributed by atoms with van der Waals surface area (Å²) in [7, 11) is 0.